The zero-order valence-corrected chi connectivity index (χ0v) is 13.1. The number of carbonyl (C=O) groups is 1. The van der Waals surface area contributed by atoms with Crippen molar-refractivity contribution >= 4 is 22.6 Å². The summed E-state index contributed by atoms with van der Waals surface area (Å²) in [5, 5.41) is 0.802. The Morgan fingerprint density at radius 2 is 2.00 bits per heavy atom. The van der Waals surface area contributed by atoms with Crippen molar-refractivity contribution < 1.29 is 14.3 Å². The molecule has 0 spiro atoms. The molecule has 0 aliphatic heterocycles. The van der Waals surface area contributed by atoms with Gasteiger partial charge in [0, 0.05) is 10.9 Å². The fourth-order valence-corrected chi connectivity index (χ4v) is 2.38. The van der Waals surface area contributed by atoms with Crippen LogP contribution in [0.15, 0.2) is 42.5 Å². The number of nitrogens with one attached hydrogen (secondary N) is 1. The Hall–Kier alpha value is -2.95. The largest absolute Gasteiger partial charge is 0.461 e. The fourth-order valence-electron chi connectivity index (χ4n) is 2.38. The molecule has 3 N–H and O–H groups in total. The molecule has 2 aromatic carbocycles. The van der Waals surface area contributed by atoms with Gasteiger partial charge >= 0.3 is 5.97 Å². The van der Waals surface area contributed by atoms with Gasteiger partial charge in [0.25, 0.3) is 0 Å². The van der Waals surface area contributed by atoms with E-state index in [1.54, 1.807) is 13.0 Å². The van der Waals surface area contributed by atoms with Crippen molar-refractivity contribution in [3.05, 3.63) is 53.7 Å². The van der Waals surface area contributed by atoms with Crippen LogP contribution in [-0.2, 0) is 4.74 Å². The lowest BCUT2D eigenvalue weighted by Crippen LogP contribution is -2.04. The van der Waals surface area contributed by atoms with E-state index in [1.165, 1.54) is 0 Å². The number of hydrogen-bond donors (Lipinski definition) is 2. The molecule has 0 saturated carbocycles. The van der Waals surface area contributed by atoms with Gasteiger partial charge in [0.15, 0.2) is 5.75 Å². The van der Waals surface area contributed by atoms with Gasteiger partial charge in [-0.15, -0.1) is 0 Å². The van der Waals surface area contributed by atoms with Crippen molar-refractivity contribution in [2.24, 2.45) is 0 Å². The van der Waals surface area contributed by atoms with E-state index in [4.69, 9.17) is 15.2 Å². The number of hydrogen-bond acceptors (Lipinski definition) is 4. The zero-order chi connectivity index (χ0) is 16.4. The van der Waals surface area contributed by atoms with Gasteiger partial charge in [-0.2, -0.15) is 0 Å². The van der Waals surface area contributed by atoms with Crippen molar-refractivity contribution in [3.8, 4) is 11.5 Å². The SMILES string of the molecule is CCOC(=O)c1cc2c(Oc3cc(C)ccc3N)cccc2[nH]1. The number of anilines is 1. The summed E-state index contributed by atoms with van der Waals surface area (Å²) in [6.07, 6.45) is 0. The van der Waals surface area contributed by atoms with E-state index in [2.05, 4.69) is 4.98 Å². The maximum Gasteiger partial charge on any atom is 0.354 e. The molecule has 0 aliphatic rings. The lowest BCUT2D eigenvalue weighted by Gasteiger charge is -2.10. The molecule has 0 radical (unpaired) electrons. The first-order valence-corrected chi connectivity index (χ1v) is 7.41. The molecule has 0 amide bonds. The van der Waals surface area contributed by atoms with Crippen LogP contribution in [0.2, 0.25) is 0 Å². The van der Waals surface area contributed by atoms with Crippen LogP contribution < -0.4 is 10.5 Å². The number of ether oxygens (including phenoxy) is 2. The fraction of sp³-hybridized carbons (Fsp3) is 0.167. The lowest BCUT2D eigenvalue weighted by atomic mass is 10.2. The van der Waals surface area contributed by atoms with Gasteiger partial charge in [-0.05, 0) is 49.7 Å². The minimum Gasteiger partial charge on any atom is -0.461 e. The number of aryl methyl sites for hydroxylation is 1. The highest BCUT2D eigenvalue weighted by molar-refractivity contribution is 5.97. The monoisotopic (exact) mass is 310 g/mol. The molecular formula is C18H18N2O3. The quantitative estimate of drug-likeness (QED) is 0.563. The molecule has 118 valence electrons. The second-order valence-electron chi connectivity index (χ2n) is 5.26. The molecule has 0 bridgehead atoms. The summed E-state index contributed by atoms with van der Waals surface area (Å²) < 4.78 is 11.0. The summed E-state index contributed by atoms with van der Waals surface area (Å²) in [6, 6.07) is 12.9. The maximum absolute atomic E-state index is 11.9. The predicted octanol–water partition coefficient (Wildman–Crippen LogP) is 4.03. The molecule has 5 heteroatoms. The van der Waals surface area contributed by atoms with E-state index in [1.807, 2.05) is 43.3 Å². The Kier molecular flexibility index (Phi) is 3.93. The number of aromatic amines is 1. The molecule has 0 aliphatic carbocycles. The summed E-state index contributed by atoms with van der Waals surface area (Å²) in [5.41, 5.74) is 8.79. The number of fused-ring (bicyclic) bond motifs is 1. The Balaban J connectivity index is 2.01. The number of nitrogens with two attached hydrogens (primary N) is 1. The molecule has 0 saturated heterocycles. The second-order valence-corrected chi connectivity index (χ2v) is 5.26. The van der Waals surface area contributed by atoms with E-state index in [9.17, 15) is 4.79 Å². The first-order valence-electron chi connectivity index (χ1n) is 7.41. The topological polar surface area (TPSA) is 77.3 Å². The van der Waals surface area contributed by atoms with Gasteiger partial charge in [-0.3, -0.25) is 0 Å². The van der Waals surface area contributed by atoms with E-state index in [-0.39, 0.29) is 5.97 Å². The van der Waals surface area contributed by atoms with Crippen LogP contribution >= 0.6 is 0 Å². The second kappa shape index (κ2) is 6.04. The highest BCUT2D eigenvalue weighted by Gasteiger charge is 2.14. The van der Waals surface area contributed by atoms with Gasteiger partial charge in [0.2, 0.25) is 0 Å². The normalized spacial score (nSPS) is 10.7. The van der Waals surface area contributed by atoms with Gasteiger partial charge in [0.05, 0.1) is 12.3 Å². The summed E-state index contributed by atoms with van der Waals surface area (Å²) in [5.74, 6) is 0.840. The molecule has 0 unspecified atom stereocenters. The van der Waals surface area contributed by atoms with Crippen LogP contribution in [0.25, 0.3) is 10.9 Å². The smallest absolute Gasteiger partial charge is 0.354 e. The average molecular weight is 310 g/mol. The Labute approximate surface area is 134 Å². The number of H-pyrrole nitrogens is 1. The van der Waals surface area contributed by atoms with Crippen LogP contribution in [0.1, 0.15) is 23.0 Å². The van der Waals surface area contributed by atoms with Gasteiger partial charge in [-0.25, -0.2) is 4.79 Å². The molecule has 1 heterocycles. The standard InChI is InChI=1S/C18H18N2O3/c1-3-22-18(21)15-10-12-14(20-15)5-4-6-16(12)23-17-9-11(2)7-8-13(17)19/h4-10,20H,3,19H2,1-2H3. The lowest BCUT2D eigenvalue weighted by molar-refractivity contribution is 0.0520. The summed E-state index contributed by atoms with van der Waals surface area (Å²) in [6.45, 7) is 4.08. The van der Waals surface area contributed by atoms with Gasteiger partial charge < -0.3 is 20.2 Å². The molecule has 3 aromatic rings. The average Bonchev–Trinajstić information content (AvgIpc) is 2.96. The molecule has 0 fully saturated rings. The third-order valence-electron chi connectivity index (χ3n) is 3.51. The Bertz CT molecular complexity index is 868. The zero-order valence-electron chi connectivity index (χ0n) is 13.1. The number of esters is 1. The third-order valence-corrected chi connectivity index (χ3v) is 3.51. The van der Waals surface area contributed by atoms with Crippen molar-refractivity contribution in [3.63, 3.8) is 0 Å². The van der Waals surface area contributed by atoms with Crippen LogP contribution in [0.5, 0.6) is 11.5 Å². The summed E-state index contributed by atoms with van der Waals surface area (Å²) >= 11 is 0. The van der Waals surface area contributed by atoms with Crippen molar-refractivity contribution in [1.29, 1.82) is 0 Å². The van der Waals surface area contributed by atoms with Gasteiger partial charge in [-0.1, -0.05) is 12.1 Å². The molecule has 1 aromatic heterocycles. The van der Waals surface area contributed by atoms with Crippen molar-refractivity contribution in [2.45, 2.75) is 13.8 Å². The number of nitrogen functional groups attached to an aromatic ring is 1. The molecule has 3 rings (SSSR count). The minimum atomic E-state index is -0.385. The van der Waals surface area contributed by atoms with E-state index < -0.39 is 0 Å². The minimum absolute atomic E-state index is 0.331. The van der Waals surface area contributed by atoms with E-state index >= 15 is 0 Å². The maximum atomic E-state index is 11.9. The summed E-state index contributed by atoms with van der Waals surface area (Å²) in [7, 11) is 0. The third kappa shape index (κ3) is 2.99. The van der Waals surface area contributed by atoms with Crippen LogP contribution in [0.4, 0.5) is 5.69 Å². The Morgan fingerprint density at radius 3 is 2.78 bits per heavy atom. The first kappa shape index (κ1) is 15.0. The molecule has 5 nitrogen and oxygen atoms in total. The highest BCUT2D eigenvalue weighted by atomic mass is 16.5. The predicted molar refractivity (Wildman–Crippen MR) is 89.9 cm³/mol. The van der Waals surface area contributed by atoms with Gasteiger partial charge in [0.1, 0.15) is 11.4 Å². The number of carbonyl (C=O) groups excluding carboxylic acids is 1. The van der Waals surface area contributed by atoms with Crippen molar-refractivity contribution in [1.82, 2.24) is 4.98 Å². The molecule has 0 atom stereocenters. The van der Waals surface area contributed by atoms with Crippen LogP contribution in [-0.4, -0.2) is 17.6 Å². The van der Waals surface area contributed by atoms with E-state index in [0.29, 0.717) is 29.5 Å². The van der Waals surface area contributed by atoms with E-state index in [0.717, 1.165) is 16.5 Å². The van der Waals surface area contributed by atoms with Crippen molar-refractivity contribution in [2.75, 3.05) is 12.3 Å². The molecule has 23 heavy (non-hydrogen) atoms. The van der Waals surface area contributed by atoms with Crippen LogP contribution in [0, 0.1) is 6.92 Å². The van der Waals surface area contributed by atoms with Crippen LogP contribution in [0.3, 0.4) is 0 Å². The first-order chi connectivity index (χ1) is 11.1. The number of rotatable bonds is 4. The summed E-state index contributed by atoms with van der Waals surface area (Å²) in [4.78, 5) is 14.9. The molecular weight excluding hydrogens is 292 g/mol. The highest BCUT2D eigenvalue weighted by Crippen LogP contribution is 2.33. The number of benzene rings is 2. The number of aromatic nitrogens is 1. The Morgan fingerprint density at radius 1 is 1.17 bits per heavy atom.